The molecule has 1 unspecified atom stereocenters. The van der Waals surface area contributed by atoms with Crippen molar-refractivity contribution >= 4 is 34.3 Å². The zero-order valence-corrected chi connectivity index (χ0v) is 12.0. The predicted molar refractivity (Wildman–Crippen MR) is 82.4 cm³/mol. The molecule has 1 atom stereocenters. The first-order valence-corrected chi connectivity index (χ1v) is 6.91. The third-order valence-electron chi connectivity index (χ3n) is 3.23. The van der Waals surface area contributed by atoms with Crippen LogP contribution < -0.4 is 0 Å². The molecule has 0 radical (unpaired) electrons. The van der Waals surface area contributed by atoms with Gasteiger partial charge in [-0.05, 0) is 42.2 Å². The Morgan fingerprint density at radius 2 is 2.00 bits per heavy atom. The highest BCUT2D eigenvalue weighted by atomic mass is 32.2. The van der Waals surface area contributed by atoms with Crippen molar-refractivity contribution in [2.45, 2.75) is 20.8 Å². The van der Waals surface area contributed by atoms with Crippen LogP contribution in [0, 0.1) is 19.8 Å². The van der Waals surface area contributed by atoms with Crippen LogP contribution in [0.5, 0.6) is 0 Å². The molecular weight excluding hydrogens is 244 g/mol. The number of thiocarbonyl (C=S) groups is 1. The van der Waals surface area contributed by atoms with E-state index in [1.54, 1.807) is 11.8 Å². The molecule has 88 valence electrons. The Bertz CT molecular complexity index is 524. The maximum absolute atomic E-state index is 5.32. The van der Waals surface area contributed by atoms with Crippen LogP contribution in [0.25, 0.3) is 6.08 Å². The molecule has 1 aromatic rings. The average molecular weight is 260 g/mol. The Balaban J connectivity index is 2.34. The second-order valence-electron chi connectivity index (χ2n) is 4.52. The lowest BCUT2D eigenvalue weighted by molar-refractivity contribution is 0.991. The fourth-order valence-electron chi connectivity index (χ4n) is 1.75. The van der Waals surface area contributed by atoms with Crippen molar-refractivity contribution in [1.29, 1.82) is 0 Å². The van der Waals surface area contributed by atoms with Gasteiger partial charge in [0.25, 0.3) is 0 Å². The third kappa shape index (κ3) is 2.53. The zero-order chi connectivity index (χ0) is 12.6. The zero-order valence-electron chi connectivity index (χ0n) is 10.4. The minimum Gasteiger partial charge on any atom is -0.0940 e. The van der Waals surface area contributed by atoms with Crippen LogP contribution in [0.1, 0.15) is 23.6 Å². The molecule has 0 spiro atoms. The van der Waals surface area contributed by atoms with Crippen LogP contribution in [-0.2, 0) is 0 Å². The van der Waals surface area contributed by atoms with Gasteiger partial charge in [-0.25, -0.2) is 0 Å². The summed E-state index contributed by atoms with van der Waals surface area (Å²) in [6, 6.07) is 6.52. The minimum atomic E-state index is 0.327. The highest BCUT2D eigenvalue weighted by Gasteiger charge is 2.25. The summed E-state index contributed by atoms with van der Waals surface area (Å²) >= 11 is 7.00. The molecule has 0 saturated carbocycles. The van der Waals surface area contributed by atoms with Gasteiger partial charge in [0.05, 0.1) is 4.20 Å². The standard InChI is InChI=1S/C15H16S2/c1-9-5-6-13(7-10(9)2)8-14-11(3)12(4)15(16)17-14/h5-8,12H,3H2,1-2,4H3/b14-8-. The van der Waals surface area contributed by atoms with Crippen LogP contribution in [0.4, 0.5) is 0 Å². The lowest BCUT2D eigenvalue weighted by atomic mass is 10.0. The lowest BCUT2D eigenvalue weighted by Crippen LogP contribution is -1.96. The van der Waals surface area contributed by atoms with Gasteiger partial charge in [0.15, 0.2) is 0 Å². The van der Waals surface area contributed by atoms with E-state index in [2.05, 4.69) is 51.6 Å². The Morgan fingerprint density at radius 3 is 2.53 bits per heavy atom. The van der Waals surface area contributed by atoms with Crippen molar-refractivity contribution < 1.29 is 0 Å². The second kappa shape index (κ2) is 4.79. The van der Waals surface area contributed by atoms with Gasteiger partial charge in [0.1, 0.15) is 0 Å². The van der Waals surface area contributed by atoms with Gasteiger partial charge in [-0.15, -0.1) is 0 Å². The Kier molecular flexibility index (Phi) is 3.55. The van der Waals surface area contributed by atoms with E-state index in [0.717, 1.165) is 9.77 Å². The molecule has 1 heterocycles. The van der Waals surface area contributed by atoms with Gasteiger partial charge in [-0.3, -0.25) is 0 Å². The van der Waals surface area contributed by atoms with Crippen LogP contribution in [0.3, 0.4) is 0 Å². The van der Waals surface area contributed by atoms with E-state index in [-0.39, 0.29) is 0 Å². The molecule has 1 aliphatic heterocycles. The first-order valence-electron chi connectivity index (χ1n) is 5.69. The quantitative estimate of drug-likeness (QED) is 0.658. The molecule has 0 N–H and O–H groups in total. The first-order chi connectivity index (χ1) is 7.99. The monoisotopic (exact) mass is 260 g/mol. The number of hydrogen-bond acceptors (Lipinski definition) is 2. The normalized spacial score (nSPS) is 22.5. The van der Waals surface area contributed by atoms with Crippen molar-refractivity contribution in [2.75, 3.05) is 0 Å². The Hall–Kier alpha value is -0.860. The summed E-state index contributed by atoms with van der Waals surface area (Å²) in [4.78, 5) is 1.21. The van der Waals surface area contributed by atoms with Crippen LogP contribution in [0.15, 0.2) is 35.3 Å². The molecule has 0 amide bonds. The van der Waals surface area contributed by atoms with Gasteiger partial charge in [0, 0.05) is 10.8 Å². The van der Waals surface area contributed by atoms with Gasteiger partial charge in [-0.1, -0.05) is 55.7 Å². The van der Waals surface area contributed by atoms with Crippen molar-refractivity contribution in [3.8, 4) is 0 Å². The summed E-state index contributed by atoms with van der Waals surface area (Å²) < 4.78 is 1.03. The molecule has 0 aromatic heterocycles. The van der Waals surface area contributed by atoms with Crippen molar-refractivity contribution in [2.24, 2.45) is 5.92 Å². The van der Waals surface area contributed by atoms with Crippen molar-refractivity contribution in [1.82, 2.24) is 0 Å². The van der Waals surface area contributed by atoms with E-state index >= 15 is 0 Å². The highest BCUT2D eigenvalue weighted by Crippen LogP contribution is 2.42. The first kappa shape index (κ1) is 12.6. The maximum Gasteiger partial charge on any atom is 0.0599 e. The van der Waals surface area contributed by atoms with Crippen LogP contribution in [-0.4, -0.2) is 4.20 Å². The number of thioether (sulfide) groups is 1. The van der Waals surface area contributed by atoms with E-state index in [9.17, 15) is 0 Å². The molecular formula is C15H16S2. The van der Waals surface area contributed by atoms with E-state index in [0.29, 0.717) is 5.92 Å². The smallest absolute Gasteiger partial charge is 0.0599 e. The van der Waals surface area contributed by atoms with Gasteiger partial charge in [0.2, 0.25) is 0 Å². The van der Waals surface area contributed by atoms with Crippen molar-refractivity contribution in [3.63, 3.8) is 0 Å². The number of hydrogen-bond donors (Lipinski definition) is 0. The molecule has 1 fully saturated rings. The van der Waals surface area contributed by atoms with Gasteiger partial charge >= 0.3 is 0 Å². The van der Waals surface area contributed by atoms with E-state index < -0.39 is 0 Å². The lowest BCUT2D eigenvalue weighted by Gasteiger charge is -2.03. The van der Waals surface area contributed by atoms with E-state index in [4.69, 9.17) is 12.2 Å². The SMILES string of the molecule is C=C1/C(=C/c2ccc(C)c(C)c2)SC(=S)C1C. The number of allylic oxidation sites excluding steroid dienone is 1. The Labute approximate surface area is 113 Å². The molecule has 0 bridgehead atoms. The molecule has 0 aliphatic carbocycles. The van der Waals surface area contributed by atoms with E-state index in [1.807, 2.05) is 0 Å². The minimum absolute atomic E-state index is 0.327. The van der Waals surface area contributed by atoms with E-state index in [1.165, 1.54) is 21.6 Å². The summed E-state index contributed by atoms with van der Waals surface area (Å²) in [6.45, 7) is 10.5. The molecule has 2 heteroatoms. The molecule has 0 nitrogen and oxygen atoms in total. The van der Waals surface area contributed by atoms with Gasteiger partial charge in [-0.2, -0.15) is 0 Å². The topological polar surface area (TPSA) is 0 Å². The van der Waals surface area contributed by atoms with Crippen molar-refractivity contribution in [3.05, 3.63) is 51.9 Å². The number of rotatable bonds is 1. The summed E-state index contributed by atoms with van der Waals surface area (Å²) in [7, 11) is 0. The summed E-state index contributed by atoms with van der Waals surface area (Å²) in [5, 5.41) is 0. The molecule has 1 aliphatic rings. The molecule has 1 saturated heterocycles. The Morgan fingerprint density at radius 1 is 1.29 bits per heavy atom. The summed E-state index contributed by atoms with van der Waals surface area (Å²) in [5.41, 5.74) is 5.03. The van der Waals surface area contributed by atoms with Crippen LogP contribution in [0.2, 0.25) is 0 Å². The molecule has 1 aromatic carbocycles. The fourth-order valence-corrected chi connectivity index (χ4v) is 3.20. The number of benzene rings is 1. The summed E-state index contributed by atoms with van der Waals surface area (Å²) in [5.74, 6) is 0.327. The summed E-state index contributed by atoms with van der Waals surface area (Å²) in [6.07, 6.45) is 2.19. The maximum atomic E-state index is 5.32. The average Bonchev–Trinajstić information content (AvgIpc) is 2.52. The number of aryl methyl sites for hydroxylation is 2. The largest absolute Gasteiger partial charge is 0.0940 e. The van der Waals surface area contributed by atoms with Crippen LogP contribution >= 0.6 is 24.0 Å². The highest BCUT2D eigenvalue weighted by molar-refractivity contribution is 8.26. The predicted octanol–water partition coefficient (Wildman–Crippen LogP) is 4.91. The van der Waals surface area contributed by atoms with Gasteiger partial charge < -0.3 is 0 Å². The molecule has 2 rings (SSSR count). The molecule has 17 heavy (non-hydrogen) atoms. The second-order valence-corrected chi connectivity index (χ2v) is 6.30. The third-order valence-corrected chi connectivity index (χ3v) is 4.99. The fraction of sp³-hybridized carbons (Fsp3) is 0.267.